The molecule has 3 amide bonds. The molecule has 2 aliphatic heterocycles. The zero-order chi connectivity index (χ0) is 26.2. The second-order valence-corrected chi connectivity index (χ2v) is 10.7. The summed E-state index contributed by atoms with van der Waals surface area (Å²) in [5.74, 6) is -3.53. The molecule has 1 aromatic carbocycles. The summed E-state index contributed by atoms with van der Waals surface area (Å²) in [5.41, 5.74) is 5.73. The van der Waals surface area contributed by atoms with Crippen LogP contribution < -0.4 is 15.6 Å². The van der Waals surface area contributed by atoms with Crippen molar-refractivity contribution in [2.24, 2.45) is 5.73 Å². The van der Waals surface area contributed by atoms with Crippen LogP contribution in [0.25, 0.3) is 0 Å². The van der Waals surface area contributed by atoms with Gasteiger partial charge in [-0.15, -0.1) is 11.8 Å². The third-order valence-electron chi connectivity index (χ3n) is 5.73. The van der Waals surface area contributed by atoms with E-state index in [4.69, 9.17) is 5.73 Å². The van der Waals surface area contributed by atoms with Gasteiger partial charge in [-0.1, -0.05) is 30.3 Å². The molecular formula is C22H21N4NaO8S2+. The fourth-order valence-electron chi connectivity index (χ4n) is 4.07. The number of primary amides is 1. The van der Waals surface area contributed by atoms with Gasteiger partial charge in [0.2, 0.25) is 11.8 Å². The number of fused-ring (bicyclic) bond motifs is 1. The number of thioether (sulfide) groups is 1. The number of nitrogens with zero attached hydrogens (tertiary/aromatic N) is 2. The summed E-state index contributed by atoms with van der Waals surface area (Å²) in [5, 5.41) is 9.47. The molecule has 3 heterocycles. The standard InChI is InChI=1S/C22H20N4O8S2.Na/c23-18(27)13-6-8-25(9-7-13)10-14-11-35-21-15(20(29)26(21)16(14)22(30)31)24-19(28)17(36(32,33)34)12-4-2-1-3-5-12;/h1-9,15,17,21H,10-11H2,(H4-,23,24,27,28,30,31,32,33,34);/p+1/t15-,17?,21+;/m1./s1. The second kappa shape index (κ2) is 11.3. The first-order chi connectivity index (χ1) is 17.0. The van der Waals surface area contributed by atoms with Gasteiger partial charge in [0.1, 0.15) is 17.1 Å². The summed E-state index contributed by atoms with van der Waals surface area (Å²) in [4.78, 5) is 50.1. The Morgan fingerprint density at radius 1 is 1.16 bits per heavy atom. The molecule has 0 saturated carbocycles. The van der Waals surface area contributed by atoms with Gasteiger partial charge in [0.25, 0.3) is 16.0 Å². The second-order valence-electron chi connectivity index (χ2n) is 8.08. The molecule has 1 unspecified atom stereocenters. The normalized spacial score (nSPS) is 19.7. The number of aliphatic carboxylic acids is 1. The Morgan fingerprint density at radius 3 is 2.32 bits per heavy atom. The number of nitrogens with two attached hydrogens (primary N) is 1. The fourth-order valence-corrected chi connectivity index (χ4v) is 6.24. The summed E-state index contributed by atoms with van der Waals surface area (Å²) in [6, 6.07) is 9.12. The van der Waals surface area contributed by atoms with E-state index in [0.29, 0.717) is 5.57 Å². The van der Waals surface area contributed by atoms with E-state index in [0.717, 1.165) is 4.90 Å². The number of amides is 3. The Hall–Kier alpha value is -2.75. The molecule has 37 heavy (non-hydrogen) atoms. The van der Waals surface area contributed by atoms with Gasteiger partial charge in [-0.2, -0.15) is 8.42 Å². The van der Waals surface area contributed by atoms with Crippen LogP contribution in [0.5, 0.6) is 0 Å². The number of rotatable bonds is 8. The molecule has 189 valence electrons. The van der Waals surface area contributed by atoms with Crippen molar-refractivity contribution in [3.8, 4) is 0 Å². The monoisotopic (exact) mass is 556 g/mol. The number of nitrogens with one attached hydrogen (secondary N) is 1. The van der Waals surface area contributed by atoms with E-state index >= 15 is 0 Å². The van der Waals surface area contributed by atoms with Gasteiger partial charge in [-0.25, -0.2) is 9.36 Å². The van der Waals surface area contributed by atoms with Gasteiger partial charge in [0.05, 0.1) is 5.56 Å². The average Bonchev–Trinajstić information content (AvgIpc) is 2.82. The van der Waals surface area contributed by atoms with Crippen molar-refractivity contribution >= 4 is 75.1 Å². The molecule has 15 heteroatoms. The first-order valence-electron chi connectivity index (χ1n) is 10.5. The van der Waals surface area contributed by atoms with Crippen LogP contribution in [0.1, 0.15) is 21.2 Å². The molecule has 2 aromatic rings. The number of carbonyl (C=O) groups excluding carboxylic acids is 3. The molecule has 12 nitrogen and oxygen atoms in total. The quantitative estimate of drug-likeness (QED) is 0.138. The van der Waals surface area contributed by atoms with Crippen LogP contribution in [-0.2, 0) is 31.0 Å². The summed E-state index contributed by atoms with van der Waals surface area (Å²) in [7, 11) is -4.85. The van der Waals surface area contributed by atoms with Gasteiger partial charge >= 0.3 is 5.97 Å². The predicted octanol–water partition coefficient (Wildman–Crippen LogP) is -0.940. The first-order valence-corrected chi connectivity index (χ1v) is 13.0. The van der Waals surface area contributed by atoms with Crippen LogP contribution in [0.2, 0.25) is 0 Å². The molecule has 0 bridgehead atoms. The van der Waals surface area contributed by atoms with Crippen molar-refractivity contribution < 1.29 is 41.8 Å². The number of pyridine rings is 1. The maximum absolute atomic E-state index is 12.9. The minimum atomic E-state index is -4.85. The van der Waals surface area contributed by atoms with Crippen LogP contribution in [0, 0.1) is 0 Å². The van der Waals surface area contributed by atoms with E-state index in [9.17, 15) is 37.3 Å². The largest absolute Gasteiger partial charge is 0.477 e. The van der Waals surface area contributed by atoms with Crippen molar-refractivity contribution in [3.63, 3.8) is 0 Å². The van der Waals surface area contributed by atoms with Crippen LogP contribution in [-0.4, -0.2) is 93.4 Å². The number of carboxylic acid groups (broad SMARTS) is 1. The predicted molar refractivity (Wildman–Crippen MR) is 131 cm³/mol. The number of hydrogen-bond donors (Lipinski definition) is 4. The minimum Gasteiger partial charge on any atom is -0.477 e. The summed E-state index contributed by atoms with van der Waals surface area (Å²) in [6.07, 6.45) is 3.12. The Balaban J connectivity index is 0.00000380. The van der Waals surface area contributed by atoms with Crippen LogP contribution in [0.15, 0.2) is 66.1 Å². The van der Waals surface area contributed by atoms with Gasteiger partial charge in [0.15, 0.2) is 24.2 Å². The van der Waals surface area contributed by atoms with E-state index in [1.807, 2.05) is 0 Å². The maximum atomic E-state index is 12.9. The van der Waals surface area contributed by atoms with Crippen molar-refractivity contribution in [1.29, 1.82) is 0 Å². The summed E-state index contributed by atoms with van der Waals surface area (Å²) >= 11 is 1.21. The number of hydrogen-bond acceptors (Lipinski definition) is 7. The van der Waals surface area contributed by atoms with Gasteiger partial charge in [-0.05, 0) is 5.56 Å². The maximum Gasteiger partial charge on any atom is 0.352 e. The number of benzene rings is 1. The molecule has 5 N–H and O–H groups in total. The van der Waals surface area contributed by atoms with E-state index in [2.05, 4.69) is 5.32 Å². The Morgan fingerprint density at radius 2 is 1.78 bits per heavy atom. The summed E-state index contributed by atoms with van der Waals surface area (Å²) in [6.45, 7) is 0.125. The average molecular weight is 557 g/mol. The number of carbonyl (C=O) groups is 4. The van der Waals surface area contributed by atoms with Crippen molar-refractivity contribution in [2.75, 3.05) is 5.75 Å². The van der Waals surface area contributed by atoms with E-state index in [-0.39, 0.29) is 58.7 Å². The van der Waals surface area contributed by atoms with E-state index in [1.165, 1.54) is 48.2 Å². The Labute approximate surface area is 237 Å². The van der Waals surface area contributed by atoms with Crippen molar-refractivity contribution in [2.45, 2.75) is 23.2 Å². The van der Waals surface area contributed by atoms with Crippen LogP contribution >= 0.6 is 11.8 Å². The number of carboxylic acids is 1. The minimum absolute atomic E-state index is 0. The SMILES string of the molecule is NC(=O)c1cc[n+](CC2=C(C(=O)O)N3C(=O)[C@@H](NC(=O)C(c4ccccc4)S(=O)(=O)O)[C@@H]3SC2)cc1.[Na]. The van der Waals surface area contributed by atoms with E-state index in [1.54, 1.807) is 23.0 Å². The smallest absolute Gasteiger partial charge is 0.352 e. The zero-order valence-corrected chi connectivity index (χ0v) is 23.1. The van der Waals surface area contributed by atoms with Crippen molar-refractivity contribution in [1.82, 2.24) is 10.2 Å². The molecule has 1 aromatic heterocycles. The summed E-state index contributed by atoms with van der Waals surface area (Å²) < 4.78 is 35.1. The van der Waals surface area contributed by atoms with Gasteiger partial charge < -0.3 is 16.2 Å². The molecular weight excluding hydrogens is 535 g/mol. The molecule has 0 aliphatic carbocycles. The molecule has 3 atom stereocenters. The van der Waals surface area contributed by atoms with Gasteiger partial charge in [-0.3, -0.25) is 23.8 Å². The molecule has 1 radical (unpaired) electrons. The first kappa shape index (κ1) is 28.8. The molecule has 1 saturated heterocycles. The number of β-lactam (4-membered cyclic amide) rings is 1. The van der Waals surface area contributed by atoms with E-state index < -0.39 is 50.5 Å². The third-order valence-corrected chi connectivity index (χ3v) is 8.16. The zero-order valence-electron chi connectivity index (χ0n) is 19.5. The Bertz CT molecular complexity index is 1380. The Kier molecular flexibility index (Phi) is 8.82. The number of aromatic nitrogens is 1. The topological polar surface area (TPSA) is 188 Å². The molecule has 2 aliphatic rings. The van der Waals surface area contributed by atoms with Crippen molar-refractivity contribution in [3.05, 3.63) is 77.3 Å². The van der Waals surface area contributed by atoms with Gasteiger partial charge in [0, 0.05) is 53.0 Å². The fraction of sp³-hybridized carbons (Fsp3) is 0.227. The van der Waals surface area contributed by atoms with Crippen LogP contribution in [0.3, 0.4) is 0 Å². The third kappa shape index (κ3) is 5.89. The molecule has 4 rings (SSSR count). The molecule has 1 fully saturated rings. The van der Waals surface area contributed by atoms with Crippen LogP contribution in [0.4, 0.5) is 0 Å². The molecule has 0 spiro atoms.